The zero-order chi connectivity index (χ0) is 40.5. The maximum atomic E-state index is 13.8. The lowest BCUT2D eigenvalue weighted by molar-refractivity contribution is -0.142. The van der Waals surface area contributed by atoms with Gasteiger partial charge in [-0.25, -0.2) is 0 Å². The number of aromatic nitrogens is 1. The number of carboxylic acid groups (broad SMARTS) is 3. The van der Waals surface area contributed by atoms with Crippen molar-refractivity contribution in [1.29, 1.82) is 0 Å². The summed E-state index contributed by atoms with van der Waals surface area (Å²) in [6.45, 7) is 5.00. The maximum Gasteiger partial charge on any atom is 0.325 e. The summed E-state index contributed by atoms with van der Waals surface area (Å²) in [5.41, 5.74) is 12.8. The fourth-order valence-corrected chi connectivity index (χ4v) is 5.46. The van der Waals surface area contributed by atoms with Crippen molar-refractivity contribution < 1.29 is 53.7 Å². The van der Waals surface area contributed by atoms with Crippen molar-refractivity contribution in [3.63, 3.8) is 0 Å². The number of H-pyrrole nitrogens is 1. The number of carbonyl (C=O) groups is 8. The Morgan fingerprint density at radius 1 is 0.704 bits per heavy atom. The van der Waals surface area contributed by atoms with Crippen LogP contribution in [0.3, 0.4) is 0 Å². The van der Waals surface area contributed by atoms with Crippen LogP contribution >= 0.6 is 0 Å². The lowest BCUT2D eigenvalue weighted by Gasteiger charge is -2.27. The summed E-state index contributed by atoms with van der Waals surface area (Å²) in [6, 6.07) is -1.04. The molecular weight excluding hydrogens is 708 g/mol. The molecule has 13 N–H and O–H groups in total. The highest BCUT2D eigenvalue weighted by Gasteiger charge is 2.34. The summed E-state index contributed by atoms with van der Waals surface area (Å²) in [5.74, 6) is -8.58. The van der Waals surface area contributed by atoms with Gasteiger partial charge in [-0.15, -0.1) is 0 Å². The lowest BCUT2D eigenvalue weighted by Crippen LogP contribution is -2.59. The van der Waals surface area contributed by atoms with Crippen LogP contribution < -0.4 is 38.1 Å². The molecule has 1 aromatic heterocycles. The lowest BCUT2D eigenvalue weighted by atomic mass is 10.0. The maximum absolute atomic E-state index is 13.8. The summed E-state index contributed by atoms with van der Waals surface area (Å²) >= 11 is 0. The van der Waals surface area contributed by atoms with E-state index in [2.05, 4.69) is 31.6 Å². The number of rotatable bonds is 24. The number of carbonyl (C=O) groups excluding carboxylic acids is 5. The quantitative estimate of drug-likeness (QED) is 0.0578. The minimum Gasteiger partial charge on any atom is -0.481 e. The number of nitrogens with one attached hydrogen (secondary N) is 6. The summed E-state index contributed by atoms with van der Waals surface area (Å²) in [5, 5.41) is 40.9. The average molecular weight is 761 g/mol. The Labute approximate surface area is 311 Å². The van der Waals surface area contributed by atoms with Gasteiger partial charge in [0.25, 0.3) is 0 Å². The molecule has 2 aromatic rings. The third-order valence-electron chi connectivity index (χ3n) is 8.40. The van der Waals surface area contributed by atoms with Gasteiger partial charge in [0.15, 0.2) is 0 Å². The molecule has 0 bridgehead atoms. The first-order valence-electron chi connectivity index (χ1n) is 17.6. The van der Waals surface area contributed by atoms with Crippen molar-refractivity contribution in [2.24, 2.45) is 17.4 Å². The molecule has 0 saturated heterocycles. The number of carboxylic acids is 3. The number of fused-ring (bicyclic) bond motifs is 1. The van der Waals surface area contributed by atoms with E-state index in [0.29, 0.717) is 18.4 Å². The van der Waals surface area contributed by atoms with Crippen molar-refractivity contribution >= 4 is 58.3 Å². The topological polar surface area (TPSA) is 325 Å². The van der Waals surface area contributed by atoms with E-state index in [4.69, 9.17) is 16.6 Å². The molecule has 0 aliphatic heterocycles. The highest BCUT2D eigenvalue weighted by molar-refractivity contribution is 5.97. The van der Waals surface area contributed by atoms with Gasteiger partial charge in [0, 0.05) is 29.9 Å². The average Bonchev–Trinajstić information content (AvgIpc) is 3.51. The molecule has 0 fully saturated rings. The van der Waals surface area contributed by atoms with Gasteiger partial charge in [-0.2, -0.15) is 0 Å². The highest BCUT2D eigenvalue weighted by atomic mass is 16.4. The Bertz CT molecular complexity index is 1650. The summed E-state index contributed by atoms with van der Waals surface area (Å²) in [7, 11) is 0. The molecule has 19 heteroatoms. The number of amides is 5. The van der Waals surface area contributed by atoms with E-state index < -0.39 is 96.5 Å². The first-order valence-corrected chi connectivity index (χ1v) is 17.6. The van der Waals surface area contributed by atoms with Gasteiger partial charge in [-0.05, 0) is 63.1 Å². The fraction of sp³-hybridized carbons (Fsp3) is 0.543. The molecule has 298 valence electrons. The van der Waals surface area contributed by atoms with Crippen molar-refractivity contribution in [1.82, 2.24) is 31.6 Å². The van der Waals surface area contributed by atoms with Crippen molar-refractivity contribution in [2.45, 2.75) is 108 Å². The first-order chi connectivity index (χ1) is 25.4. The molecule has 6 unspecified atom stereocenters. The van der Waals surface area contributed by atoms with Crippen LogP contribution in [0.15, 0.2) is 30.5 Å². The number of hydrogen-bond acceptors (Lipinski definition) is 10. The van der Waals surface area contributed by atoms with Crippen LogP contribution in [-0.2, 0) is 44.8 Å². The van der Waals surface area contributed by atoms with E-state index in [-0.39, 0.29) is 38.1 Å². The van der Waals surface area contributed by atoms with Crippen LogP contribution in [0.4, 0.5) is 0 Å². The van der Waals surface area contributed by atoms with E-state index in [1.165, 1.54) is 6.92 Å². The molecular formula is C35H52N8O11. The molecule has 19 nitrogen and oxygen atoms in total. The van der Waals surface area contributed by atoms with E-state index >= 15 is 0 Å². The van der Waals surface area contributed by atoms with E-state index in [1.807, 2.05) is 6.07 Å². The van der Waals surface area contributed by atoms with Gasteiger partial charge in [0.2, 0.25) is 29.5 Å². The Balaban J connectivity index is 2.34. The van der Waals surface area contributed by atoms with Crippen LogP contribution in [0.1, 0.15) is 71.3 Å². The molecule has 6 atom stereocenters. The van der Waals surface area contributed by atoms with Gasteiger partial charge in [0.05, 0.1) is 12.5 Å². The molecule has 0 spiro atoms. The van der Waals surface area contributed by atoms with Crippen LogP contribution in [0.2, 0.25) is 0 Å². The van der Waals surface area contributed by atoms with Gasteiger partial charge in [-0.3, -0.25) is 38.4 Å². The number of benzene rings is 1. The van der Waals surface area contributed by atoms with Crippen LogP contribution in [0.5, 0.6) is 0 Å². The largest absolute Gasteiger partial charge is 0.481 e. The number of para-hydroxylation sites is 1. The van der Waals surface area contributed by atoms with Gasteiger partial charge in [0.1, 0.15) is 30.2 Å². The molecule has 1 aromatic carbocycles. The van der Waals surface area contributed by atoms with E-state index in [1.54, 1.807) is 38.2 Å². The minimum atomic E-state index is -1.73. The number of aromatic amines is 1. The minimum absolute atomic E-state index is 0.00424. The fourth-order valence-electron chi connectivity index (χ4n) is 5.46. The van der Waals surface area contributed by atoms with Gasteiger partial charge < -0.3 is 58.4 Å². The Morgan fingerprint density at radius 3 is 1.89 bits per heavy atom. The molecule has 54 heavy (non-hydrogen) atoms. The second kappa shape index (κ2) is 21.8. The molecule has 0 aliphatic carbocycles. The third-order valence-corrected chi connectivity index (χ3v) is 8.40. The van der Waals surface area contributed by atoms with Gasteiger partial charge >= 0.3 is 17.9 Å². The normalized spacial score (nSPS) is 14.5. The second-order valence-corrected chi connectivity index (χ2v) is 13.4. The standard InChI is InChI=1S/C35H52N8O11/c1-18(2)14-25(41-30(48)22(37)11-12-28(44)45)33(51)43-27(16-29(46)47)34(52)40-24(10-6-7-13-36)31(49)42-26(32(50)39-19(3)35(53)54)15-20-17-38-23-9-5-4-8-21(20)23/h4-5,8-9,17-19,22,24-27,38H,6-7,10-16,36-37H2,1-3H3,(H,39,50)(H,40,52)(H,41,48)(H,42,49)(H,43,51)(H,44,45)(H,46,47)(H,53,54). The predicted molar refractivity (Wildman–Crippen MR) is 194 cm³/mol. The summed E-state index contributed by atoms with van der Waals surface area (Å²) < 4.78 is 0. The monoisotopic (exact) mass is 760 g/mol. The van der Waals surface area contributed by atoms with Crippen LogP contribution in [0, 0.1) is 5.92 Å². The second-order valence-electron chi connectivity index (χ2n) is 13.4. The number of nitrogens with two attached hydrogens (primary N) is 2. The molecule has 0 aliphatic rings. The van der Waals surface area contributed by atoms with E-state index in [9.17, 15) is 48.6 Å². The Hall–Kier alpha value is -5.56. The molecule has 0 saturated carbocycles. The summed E-state index contributed by atoms with van der Waals surface area (Å²) in [6.07, 6.45) is 0.872. The third kappa shape index (κ3) is 14.8. The molecule has 1 heterocycles. The first kappa shape index (κ1) is 44.6. The number of aliphatic carboxylic acids is 3. The zero-order valence-corrected chi connectivity index (χ0v) is 30.6. The van der Waals surface area contributed by atoms with Gasteiger partial charge in [-0.1, -0.05) is 32.0 Å². The number of hydrogen-bond donors (Lipinski definition) is 11. The smallest absolute Gasteiger partial charge is 0.325 e. The number of unbranched alkanes of at least 4 members (excludes halogenated alkanes) is 1. The van der Waals surface area contributed by atoms with Crippen molar-refractivity contribution in [3.05, 3.63) is 36.0 Å². The predicted octanol–water partition coefficient (Wildman–Crippen LogP) is -0.919. The Kier molecular flexibility index (Phi) is 18.0. The van der Waals surface area contributed by atoms with Crippen LogP contribution in [-0.4, -0.2) is 111 Å². The Morgan fingerprint density at radius 2 is 1.28 bits per heavy atom. The summed E-state index contributed by atoms with van der Waals surface area (Å²) in [4.78, 5) is 104. The van der Waals surface area contributed by atoms with Crippen molar-refractivity contribution in [2.75, 3.05) is 6.54 Å². The molecule has 0 radical (unpaired) electrons. The zero-order valence-electron chi connectivity index (χ0n) is 30.6. The van der Waals surface area contributed by atoms with Crippen LogP contribution in [0.25, 0.3) is 10.9 Å². The molecule has 2 rings (SSSR count). The van der Waals surface area contributed by atoms with Crippen molar-refractivity contribution in [3.8, 4) is 0 Å². The SMILES string of the molecule is CC(C)CC(NC(=O)C(N)CCC(=O)O)C(=O)NC(CC(=O)O)C(=O)NC(CCCCN)C(=O)NC(Cc1c[nH]c2ccccc12)C(=O)NC(C)C(=O)O. The molecule has 5 amide bonds. The van der Waals surface area contributed by atoms with E-state index in [0.717, 1.165) is 10.9 Å². The highest BCUT2D eigenvalue weighted by Crippen LogP contribution is 2.19.